The third-order valence-corrected chi connectivity index (χ3v) is 3.12. The first-order chi connectivity index (χ1) is 7.56. The normalized spacial score (nSPS) is 10.7. The number of aromatic nitrogens is 2. The number of benzene rings is 1. The van der Waals surface area contributed by atoms with Crippen molar-refractivity contribution in [2.45, 2.75) is 13.5 Å². The van der Waals surface area contributed by atoms with E-state index in [-0.39, 0.29) is 0 Å². The first-order valence-electron chi connectivity index (χ1n) is 4.80. The summed E-state index contributed by atoms with van der Waals surface area (Å²) in [6, 6.07) is 7.57. The molecule has 0 saturated carbocycles. The minimum Gasteiger partial charge on any atom is -0.384 e. The van der Waals surface area contributed by atoms with Crippen molar-refractivity contribution < 1.29 is 0 Å². The molecule has 0 spiro atoms. The Kier molecular flexibility index (Phi) is 3.21. The van der Waals surface area contributed by atoms with E-state index in [1.54, 1.807) is 4.68 Å². The van der Waals surface area contributed by atoms with E-state index in [1.165, 1.54) is 0 Å². The maximum Gasteiger partial charge on any atom is 0.122 e. The zero-order valence-electron chi connectivity index (χ0n) is 8.74. The molecular weight excluding hydrogens is 289 g/mol. The number of nitrogen functional groups attached to an aromatic ring is 1. The van der Waals surface area contributed by atoms with Gasteiger partial charge in [0.2, 0.25) is 0 Å². The van der Waals surface area contributed by atoms with Crippen molar-refractivity contribution in [3.8, 4) is 0 Å². The van der Waals surface area contributed by atoms with E-state index in [4.69, 9.17) is 17.3 Å². The average Bonchev–Trinajstić information content (AvgIpc) is 2.51. The molecular formula is C11H11BrClN3. The molecule has 0 saturated heterocycles. The highest BCUT2D eigenvalue weighted by molar-refractivity contribution is 9.10. The smallest absolute Gasteiger partial charge is 0.122 e. The summed E-state index contributed by atoms with van der Waals surface area (Å²) in [5, 5.41) is 5.01. The molecule has 3 nitrogen and oxygen atoms in total. The van der Waals surface area contributed by atoms with Crippen molar-refractivity contribution in [2.75, 3.05) is 5.73 Å². The summed E-state index contributed by atoms with van der Waals surface area (Å²) in [4.78, 5) is 0. The lowest BCUT2D eigenvalue weighted by Gasteiger charge is -2.06. The molecule has 0 amide bonds. The fraction of sp³-hybridized carbons (Fsp3) is 0.182. The lowest BCUT2D eigenvalue weighted by atomic mass is 10.2. The van der Waals surface area contributed by atoms with E-state index in [1.807, 2.05) is 31.2 Å². The average molecular weight is 301 g/mol. The van der Waals surface area contributed by atoms with Gasteiger partial charge in [-0.25, -0.2) is 4.68 Å². The Morgan fingerprint density at radius 2 is 2.19 bits per heavy atom. The van der Waals surface area contributed by atoms with Gasteiger partial charge in [-0.3, -0.25) is 0 Å². The molecule has 2 rings (SSSR count). The minimum absolute atomic E-state index is 0.581. The molecule has 0 unspecified atom stereocenters. The summed E-state index contributed by atoms with van der Waals surface area (Å²) in [6.07, 6.45) is 0. The van der Waals surface area contributed by atoms with Crippen LogP contribution in [-0.2, 0) is 6.54 Å². The van der Waals surface area contributed by atoms with Crippen LogP contribution in [0.5, 0.6) is 0 Å². The Hall–Kier alpha value is -1.00. The van der Waals surface area contributed by atoms with E-state index >= 15 is 0 Å². The molecule has 0 aliphatic carbocycles. The molecule has 0 bridgehead atoms. The zero-order valence-corrected chi connectivity index (χ0v) is 11.1. The number of aryl methyl sites for hydroxylation is 1. The van der Waals surface area contributed by atoms with Gasteiger partial charge in [-0.2, -0.15) is 5.10 Å². The molecule has 1 aromatic heterocycles. The van der Waals surface area contributed by atoms with E-state index in [2.05, 4.69) is 21.0 Å². The number of nitrogens with two attached hydrogens (primary N) is 1. The highest BCUT2D eigenvalue weighted by Crippen LogP contribution is 2.22. The van der Waals surface area contributed by atoms with E-state index < -0.39 is 0 Å². The van der Waals surface area contributed by atoms with Crippen LogP contribution in [0.25, 0.3) is 0 Å². The fourth-order valence-corrected chi connectivity index (χ4v) is 2.10. The van der Waals surface area contributed by atoms with Crippen LogP contribution in [0, 0.1) is 6.92 Å². The lowest BCUT2D eigenvalue weighted by Crippen LogP contribution is -2.06. The molecule has 0 radical (unpaired) electrons. The summed E-state index contributed by atoms with van der Waals surface area (Å²) >= 11 is 9.52. The highest BCUT2D eigenvalue weighted by atomic mass is 79.9. The van der Waals surface area contributed by atoms with Gasteiger partial charge in [-0.05, 0) is 30.7 Å². The Morgan fingerprint density at radius 1 is 1.44 bits per heavy atom. The van der Waals surface area contributed by atoms with Gasteiger partial charge in [0, 0.05) is 15.6 Å². The van der Waals surface area contributed by atoms with Gasteiger partial charge in [-0.1, -0.05) is 27.5 Å². The molecule has 0 fully saturated rings. The molecule has 0 aliphatic rings. The molecule has 1 heterocycles. The Morgan fingerprint density at radius 3 is 2.81 bits per heavy atom. The van der Waals surface area contributed by atoms with Crippen LogP contribution < -0.4 is 5.73 Å². The quantitative estimate of drug-likeness (QED) is 0.925. The largest absolute Gasteiger partial charge is 0.384 e. The summed E-state index contributed by atoms with van der Waals surface area (Å²) in [5.41, 5.74) is 7.72. The van der Waals surface area contributed by atoms with E-state index in [0.717, 1.165) is 20.8 Å². The minimum atomic E-state index is 0.581. The summed E-state index contributed by atoms with van der Waals surface area (Å²) in [7, 11) is 0. The van der Waals surface area contributed by atoms with Crippen molar-refractivity contribution in [1.82, 2.24) is 9.78 Å². The third-order valence-electron chi connectivity index (χ3n) is 2.26. The first-order valence-corrected chi connectivity index (χ1v) is 5.97. The standard InChI is InChI=1S/C11H11BrClN3/c1-7-4-11(14)16(15-7)6-8-5-9(12)2-3-10(8)13/h2-5H,6,14H2,1H3. The monoisotopic (exact) mass is 299 g/mol. The third kappa shape index (κ3) is 2.39. The number of anilines is 1. The predicted octanol–water partition coefficient (Wildman–Crippen LogP) is 3.24. The zero-order chi connectivity index (χ0) is 11.7. The van der Waals surface area contributed by atoms with E-state index in [0.29, 0.717) is 12.4 Å². The molecule has 16 heavy (non-hydrogen) atoms. The lowest BCUT2D eigenvalue weighted by molar-refractivity contribution is 0.689. The summed E-state index contributed by atoms with van der Waals surface area (Å²) in [5.74, 6) is 0.647. The van der Waals surface area contributed by atoms with Crippen molar-refractivity contribution in [3.63, 3.8) is 0 Å². The molecule has 5 heteroatoms. The SMILES string of the molecule is Cc1cc(N)n(Cc2cc(Br)ccc2Cl)n1. The molecule has 0 aliphatic heterocycles. The van der Waals surface area contributed by atoms with Crippen LogP contribution in [0.1, 0.15) is 11.3 Å². The van der Waals surface area contributed by atoms with Gasteiger partial charge in [0.25, 0.3) is 0 Å². The van der Waals surface area contributed by atoms with Crippen molar-refractivity contribution in [2.24, 2.45) is 0 Å². The Balaban J connectivity index is 2.33. The van der Waals surface area contributed by atoms with Gasteiger partial charge >= 0.3 is 0 Å². The number of hydrogen-bond donors (Lipinski definition) is 1. The second-order valence-electron chi connectivity index (χ2n) is 3.60. The summed E-state index contributed by atoms with van der Waals surface area (Å²) in [6.45, 7) is 2.49. The number of rotatable bonds is 2. The van der Waals surface area contributed by atoms with Gasteiger partial charge in [0.15, 0.2) is 0 Å². The first kappa shape index (κ1) is 11.5. The second kappa shape index (κ2) is 4.47. The molecule has 84 valence electrons. The topological polar surface area (TPSA) is 43.8 Å². The van der Waals surface area contributed by atoms with Crippen molar-refractivity contribution in [3.05, 3.63) is 45.0 Å². The maximum atomic E-state index is 6.10. The number of nitrogens with zero attached hydrogens (tertiary/aromatic N) is 2. The van der Waals surface area contributed by atoms with Gasteiger partial charge in [0.05, 0.1) is 12.2 Å². The summed E-state index contributed by atoms with van der Waals surface area (Å²) < 4.78 is 2.73. The van der Waals surface area contributed by atoms with Crippen LogP contribution >= 0.6 is 27.5 Å². The Labute approximate surface area is 107 Å². The van der Waals surface area contributed by atoms with Crippen LogP contribution in [0.3, 0.4) is 0 Å². The van der Waals surface area contributed by atoms with Gasteiger partial charge < -0.3 is 5.73 Å². The second-order valence-corrected chi connectivity index (χ2v) is 4.93. The predicted molar refractivity (Wildman–Crippen MR) is 69.6 cm³/mol. The fourth-order valence-electron chi connectivity index (χ4n) is 1.52. The van der Waals surface area contributed by atoms with Crippen LogP contribution in [0.15, 0.2) is 28.7 Å². The molecule has 0 atom stereocenters. The maximum absolute atomic E-state index is 6.10. The van der Waals surface area contributed by atoms with Gasteiger partial charge in [-0.15, -0.1) is 0 Å². The number of halogens is 2. The molecule has 2 N–H and O–H groups in total. The highest BCUT2D eigenvalue weighted by Gasteiger charge is 2.06. The van der Waals surface area contributed by atoms with Crippen molar-refractivity contribution in [1.29, 1.82) is 0 Å². The molecule has 2 aromatic rings. The molecule has 1 aromatic carbocycles. The van der Waals surface area contributed by atoms with Crippen LogP contribution in [-0.4, -0.2) is 9.78 Å². The van der Waals surface area contributed by atoms with Crippen LogP contribution in [0.2, 0.25) is 5.02 Å². The van der Waals surface area contributed by atoms with Gasteiger partial charge in [0.1, 0.15) is 5.82 Å². The van der Waals surface area contributed by atoms with Crippen molar-refractivity contribution >= 4 is 33.3 Å². The number of hydrogen-bond acceptors (Lipinski definition) is 2. The Bertz CT molecular complexity index is 522. The van der Waals surface area contributed by atoms with E-state index in [9.17, 15) is 0 Å². The van der Waals surface area contributed by atoms with Crippen LogP contribution in [0.4, 0.5) is 5.82 Å².